The lowest BCUT2D eigenvalue weighted by Gasteiger charge is -2.22. The lowest BCUT2D eigenvalue weighted by atomic mass is 10.1. The molecule has 1 rings (SSSR count). The van der Waals surface area contributed by atoms with Crippen LogP contribution in [0.5, 0.6) is 0 Å². The Morgan fingerprint density at radius 2 is 2.31 bits per heavy atom. The average molecular weight is 181 g/mol. The Morgan fingerprint density at radius 1 is 1.54 bits per heavy atom. The SMILES string of the molecule is CCC(C)CN1CC=C[C@@H](C)CC1. The highest BCUT2D eigenvalue weighted by Crippen LogP contribution is 2.12. The highest BCUT2D eigenvalue weighted by molar-refractivity contribution is 4.92. The predicted octanol–water partition coefficient (Wildman–Crippen LogP) is 2.93. The van der Waals surface area contributed by atoms with E-state index in [9.17, 15) is 0 Å². The summed E-state index contributed by atoms with van der Waals surface area (Å²) >= 11 is 0. The van der Waals surface area contributed by atoms with Gasteiger partial charge in [-0.05, 0) is 24.8 Å². The molecular formula is C12H23N. The van der Waals surface area contributed by atoms with Gasteiger partial charge in [0.15, 0.2) is 0 Å². The van der Waals surface area contributed by atoms with Crippen molar-refractivity contribution < 1.29 is 0 Å². The third-order valence-corrected chi connectivity index (χ3v) is 3.00. The number of nitrogens with zero attached hydrogens (tertiary/aromatic N) is 1. The summed E-state index contributed by atoms with van der Waals surface area (Å²) in [6.07, 6.45) is 7.32. The molecule has 0 aromatic carbocycles. The molecule has 0 fully saturated rings. The number of hydrogen-bond acceptors (Lipinski definition) is 1. The van der Waals surface area contributed by atoms with Crippen molar-refractivity contribution >= 4 is 0 Å². The maximum absolute atomic E-state index is 2.58. The molecule has 76 valence electrons. The van der Waals surface area contributed by atoms with Gasteiger partial charge in [0.1, 0.15) is 0 Å². The molecule has 1 heterocycles. The minimum atomic E-state index is 0.780. The van der Waals surface area contributed by atoms with Crippen LogP contribution in [0.25, 0.3) is 0 Å². The van der Waals surface area contributed by atoms with Crippen LogP contribution >= 0.6 is 0 Å². The van der Waals surface area contributed by atoms with Crippen LogP contribution in [0.1, 0.15) is 33.6 Å². The van der Waals surface area contributed by atoms with Gasteiger partial charge >= 0.3 is 0 Å². The molecule has 2 atom stereocenters. The van der Waals surface area contributed by atoms with E-state index in [0.29, 0.717) is 0 Å². The van der Waals surface area contributed by atoms with Crippen molar-refractivity contribution in [2.75, 3.05) is 19.6 Å². The molecule has 1 unspecified atom stereocenters. The van der Waals surface area contributed by atoms with Crippen LogP contribution in [0.4, 0.5) is 0 Å². The molecule has 0 radical (unpaired) electrons. The fourth-order valence-electron chi connectivity index (χ4n) is 1.75. The Labute approximate surface area is 82.8 Å². The first-order chi connectivity index (χ1) is 6.22. The molecule has 0 aromatic heterocycles. The lowest BCUT2D eigenvalue weighted by molar-refractivity contribution is 0.253. The van der Waals surface area contributed by atoms with Gasteiger partial charge in [0.2, 0.25) is 0 Å². The van der Waals surface area contributed by atoms with Crippen molar-refractivity contribution in [2.45, 2.75) is 33.6 Å². The average Bonchev–Trinajstić information content (AvgIpc) is 2.31. The molecule has 1 nitrogen and oxygen atoms in total. The molecule has 1 aliphatic rings. The molecule has 0 saturated carbocycles. The zero-order valence-electron chi connectivity index (χ0n) is 9.29. The smallest absolute Gasteiger partial charge is 0.0163 e. The van der Waals surface area contributed by atoms with Gasteiger partial charge in [0.05, 0.1) is 0 Å². The van der Waals surface area contributed by atoms with Gasteiger partial charge in [0.25, 0.3) is 0 Å². The van der Waals surface area contributed by atoms with E-state index >= 15 is 0 Å². The van der Waals surface area contributed by atoms with E-state index in [4.69, 9.17) is 0 Å². The second-order valence-electron chi connectivity index (χ2n) is 4.47. The van der Waals surface area contributed by atoms with Crippen molar-refractivity contribution in [1.82, 2.24) is 4.90 Å². The summed E-state index contributed by atoms with van der Waals surface area (Å²) in [5.41, 5.74) is 0. The predicted molar refractivity (Wildman–Crippen MR) is 58.8 cm³/mol. The molecular weight excluding hydrogens is 158 g/mol. The first-order valence-corrected chi connectivity index (χ1v) is 5.61. The van der Waals surface area contributed by atoms with E-state index in [0.717, 1.165) is 18.4 Å². The highest BCUT2D eigenvalue weighted by Gasteiger charge is 2.11. The third kappa shape index (κ3) is 3.95. The summed E-state index contributed by atoms with van der Waals surface area (Å²) in [5.74, 6) is 1.63. The van der Waals surface area contributed by atoms with E-state index < -0.39 is 0 Å². The molecule has 0 aromatic rings. The van der Waals surface area contributed by atoms with Crippen LogP contribution in [-0.2, 0) is 0 Å². The first kappa shape index (κ1) is 10.8. The Morgan fingerprint density at radius 3 is 3.00 bits per heavy atom. The summed E-state index contributed by atoms with van der Waals surface area (Å²) in [4.78, 5) is 2.58. The van der Waals surface area contributed by atoms with E-state index in [1.165, 1.54) is 25.9 Å². The number of hydrogen-bond donors (Lipinski definition) is 0. The van der Waals surface area contributed by atoms with Crippen LogP contribution < -0.4 is 0 Å². The number of rotatable bonds is 3. The van der Waals surface area contributed by atoms with Gasteiger partial charge < -0.3 is 0 Å². The largest absolute Gasteiger partial charge is 0.299 e. The summed E-state index contributed by atoms with van der Waals surface area (Å²) in [6.45, 7) is 10.6. The van der Waals surface area contributed by atoms with Crippen molar-refractivity contribution in [2.24, 2.45) is 11.8 Å². The van der Waals surface area contributed by atoms with Gasteiger partial charge in [-0.1, -0.05) is 39.3 Å². The van der Waals surface area contributed by atoms with Crippen molar-refractivity contribution in [3.8, 4) is 0 Å². The molecule has 0 aliphatic carbocycles. The third-order valence-electron chi connectivity index (χ3n) is 3.00. The molecule has 0 spiro atoms. The van der Waals surface area contributed by atoms with Gasteiger partial charge in [-0.25, -0.2) is 0 Å². The quantitative estimate of drug-likeness (QED) is 0.605. The zero-order valence-corrected chi connectivity index (χ0v) is 9.29. The second-order valence-corrected chi connectivity index (χ2v) is 4.47. The molecule has 0 bridgehead atoms. The normalized spacial score (nSPS) is 27.2. The maximum Gasteiger partial charge on any atom is 0.0163 e. The molecule has 0 saturated heterocycles. The highest BCUT2D eigenvalue weighted by atomic mass is 15.1. The van der Waals surface area contributed by atoms with Crippen LogP contribution in [-0.4, -0.2) is 24.5 Å². The topological polar surface area (TPSA) is 3.24 Å². The monoisotopic (exact) mass is 181 g/mol. The summed E-state index contributed by atoms with van der Waals surface area (Å²) in [7, 11) is 0. The van der Waals surface area contributed by atoms with Crippen molar-refractivity contribution in [3.63, 3.8) is 0 Å². The fourth-order valence-corrected chi connectivity index (χ4v) is 1.75. The van der Waals surface area contributed by atoms with E-state index in [1.807, 2.05) is 0 Å². The molecule has 1 aliphatic heterocycles. The fraction of sp³-hybridized carbons (Fsp3) is 0.833. The standard InChI is InChI=1S/C12H23N/c1-4-11(2)10-13-8-5-6-12(3)7-9-13/h5-6,11-12H,4,7-10H2,1-3H3/t11?,12-/m1/s1. The van der Waals surface area contributed by atoms with Gasteiger partial charge in [-0.3, -0.25) is 4.90 Å². The Balaban J connectivity index is 2.31. The molecule has 0 amide bonds. The summed E-state index contributed by atoms with van der Waals surface area (Å²) < 4.78 is 0. The van der Waals surface area contributed by atoms with E-state index in [-0.39, 0.29) is 0 Å². The minimum absolute atomic E-state index is 0.780. The van der Waals surface area contributed by atoms with Gasteiger partial charge in [-0.2, -0.15) is 0 Å². The Hall–Kier alpha value is -0.300. The van der Waals surface area contributed by atoms with E-state index in [1.54, 1.807) is 0 Å². The summed E-state index contributed by atoms with van der Waals surface area (Å²) in [6, 6.07) is 0. The van der Waals surface area contributed by atoms with E-state index in [2.05, 4.69) is 37.8 Å². The minimum Gasteiger partial charge on any atom is -0.299 e. The molecule has 1 heteroatoms. The number of allylic oxidation sites excluding steroid dienone is 1. The van der Waals surface area contributed by atoms with Crippen molar-refractivity contribution in [1.29, 1.82) is 0 Å². The van der Waals surface area contributed by atoms with Crippen LogP contribution in [0, 0.1) is 11.8 Å². The van der Waals surface area contributed by atoms with Crippen LogP contribution in [0.2, 0.25) is 0 Å². The van der Waals surface area contributed by atoms with Crippen LogP contribution in [0.15, 0.2) is 12.2 Å². The van der Waals surface area contributed by atoms with Gasteiger partial charge in [-0.15, -0.1) is 0 Å². The second kappa shape index (κ2) is 5.43. The van der Waals surface area contributed by atoms with Crippen molar-refractivity contribution in [3.05, 3.63) is 12.2 Å². The first-order valence-electron chi connectivity index (χ1n) is 5.61. The zero-order chi connectivity index (χ0) is 9.68. The maximum atomic E-state index is 2.58. The summed E-state index contributed by atoms with van der Waals surface area (Å²) in [5, 5.41) is 0. The lowest BCUT2D eigenvalue weighted by Crippen LogP contribution is -2.29. The Kier molecular flexibility index (Phi) is 4.51. The Bertz CT molecular complexity index is 163. The molecule has 13 heavy (non-hydrogen) atoms. The molecule has 0 N–H and O–H groups in total. The van der Waals surface area contributed by atoms with Crippen LogP contribution in [0.3, 0.4) is 0 Å². The van der Waals surface area contributed by atoms with Gasteiger partial charge in [0, 0.05) is 13.1 Å².